The molecule has 0 N–H and O–H groups in total. The minimum Gasteiger partial charge on any atom is -0.496 e. The second-order valence-electron chi connectivity index (χ2n) is 8.02. The lowest BCUT2D eigenvalue weighted by molar-refractivity contribution is 0.412. The maximum absolute atomic E-state index is 13.7. The predicted molar refractivity (Wildman–Crippen MR) is 138 cm³/mol. The van der Waals surface area contributed by atoms with E-state index >= 15 is 0 Å². The fourth-order valence-corrected chi connectivity index (χ4v) is 7.05. The van der Waals surface area contributed by atoms with Crippen LogP contribution in [0.3, 0.4) is 0 Å². The average Bonchev–Trinajstić information content (AvgIpc) is 3.46. The summed E-state index contributed by atoms with van der Waals surface area (Å²) in [5.41, 5.74) is 5.74. The second kappa shape index (κ2) is 8.24. The first-order valence-electron chi connectivity index (χ1n) is 10.6. The number of hydrogen-bond donors (Lipinski definition) is 0. The molecule has 2 aliphatic rings. The predicted octanol–water partition coefficient (Wildman–Crippen LogP) is 5.15. The zero-order valence-electron chi connectivity index (χ0n) is 17.7. The molecule has 4 nitrogen and oxygen atoms in total. The molecule has 164 valence electrons. The first-order chi connectivity index (χ1) is 16.1. The molecule has 1 aliphatic heterocycles. The van der Waals surface area contributed by atoms with Crippen molar-refractivity contribution in [3.8, 4) is 5.75 Å². The Bertz CT molecular complexity index is 1600. The Kier molecular flexibility index (Phi) is 5.20. The monoisotopic (exact) mass is 534 g/mol. The molecule has 0 radical (unpaired) electrons. The number of rotatable bonds is 3. The van der Waals surface area contributed by atoms with Gasteiger partial charge < -0.3 is 4.74 Å². The molecule has 3 heterocycles. The van der Waals surface area contributed by atoms with Gasteiger partial charge in [0, 0.05) is 10.4 Å². The van der Waals surface area contributed by atoms with Crippen LogP contribution >= 0.6 is 38.6 Å². The summed E-state index contributed by atoms with van der Waals surface area (Å²) in [6.07, 6.45) is 3.82. The minimum atomic E-state index is -0.102. The van der Waals surface area contributed by atoms with Crippen LogP contribution in [0.15, 0.2) is 79.8 Å². The molecule has 0 unspecified atom stereocenters. The first kappa shape index (κ1) is 20.8. The van der Waals surface area contributed by atoms with Crippen molar-refractivity contribution in [2.45, 2.75) is 18.9 Å². The van der Waals surface area contributed by atoms with Crippen molar-refractivity contribution >= 4 is 50.4 Å². The Morgan fingerprint density at radius 2 is 2.03 bits per heavy atom. The van der Waals surface area contributed by atoms with E-state index in [0.717, 1.165) is 39.1 Å². The van der Waals surface area contributed by atoms with E-state index in [4.69, 9.17) is 9.73 Å². The van der Waals surface area contributed by atoms with Crippen molar-refractivity contribution in [2.24, 2.45) is 4.99 Å². The van der Waals surface area contributed by atoms with Crippen LogP contribution in [-0.4, -0.2) is 11.7 Å². The van der Waals surface area contributed by atoms with Crippen LogP contribution in [0, 0.1) is 0 Å². The van der Waals surface area contributed by atoms with Gasteiger partial charge in [-0.3, -0.25) is 9.36 Å². The van der Waals surface area contributed by atoms with E-state index in [9.17, 15) is 4.79 Å². The Morgan fingerprint density at radius 3 is 2.82 bits per heavy atom. The first-order valence-corrected chi connectivity index (χ1v) is 13.1. The van der Waals surface area contributed by atoms with Crippen LogP contribution in [0.5, 0.6) is 5.75 Å². The van der Waals surface area contributed by atoms with Crippen molar-refractivity contribution in [1.29, 1.82) is 0 Å². The Morgan fingerprint density at radius 1 is 1.15 bits per heavy atom. The lowest BCUT2D eigenvalue weighted by Crippen LogP contribution is -2.38. The van der Waals surface area contributed by atoms with Gasteiger partial charge in [-0.05, 0) is 75.1 Å². The summed E-state index contributed by atoms with van der Waals surface area (Å²) in [7, 11) is 1.64. The van der Waals surface area contributed by atoms with Gasteiger partial charge >= 0.3 is 0 Å². The summed E-state index contributed by atoms with van der Waals surface area (Å²) in [5, 5.41) is 2.08. The van der Waals surface area contributed by atoms with Crippen molar-refractivity contribution in [3.05, 3.63) is 111 Å². The van der Waals surface area contributed by atoms with Gasteiger partial charge in [0.1, 0.15) is 5.75 Å². The van der Waals surface area contributed by atoms with E-state index in [-0.39, 0.29) is 11.6 Å². The number of halogens is 1. The molecule has 0 bridgehead atoms. The number of methoxy groups -OCH3 is 1. The van der Waals surface area contributed by atoms with Crippen molar-refractivity contribution in [3.63, 3.8) is 0 Å². The summed E-state index contributed by atoms with van der Waals surface area (Å²) in [6.45, 7) is 0. The molecule has 0 amide bonds. The van der Waals surface area contributed by atoms with Crippen molar-refractivity contribution in [2.75, 3.05) is 7.11 Å². The normalized spacial score (nSPS) is 17.3. The molecule has 0 spiro atoms. The van der Waals surface area contributed by atoms with Crippen LogP contribution in [0.25, 0.3) is 11.8 Å². The highest BCUT2D eigenvalue weighted by molar-refractivity contribution is 9.10. The zero-order chi connectivity index (χ0) is 22.5. The summed E-state index contributed by atoms with van der Waals surface area (Å²) >= 11 is 6.69. The third-order valence-corrected chi connectivity index (χ3v) is 8.69. The molecule has 6 rings (SSSR count). The highest BCUT2D eigenvalue weighted by Crippen LogP contribution is 2.42. The third-order valence-electron chi connectivity index (χ3n) is 6.16. The Balaban J connectivity index is 1.59. The highest BCUT2D eigenvalue weighted by Gasteiger charge is 2.32. The molecule has 2 aromatic heterocycles. The standard InChI is InChI=1S/C26H19BrN2O2S2/c1-31-20-11-8-15(13-19(20)27)14-22-25(30)29-24(21-7-4-12-32-21)18-10-9-16-5-2-3-6-17(16)23(18)28-26(29)33-22/h2-8,11-14,24H,9-10H2,1H3/b22-14+/t24-/m0/s1. The zero-order valence-corrected chi connectivity index (χ0v) is 21.0. The van der Waals surface area contributed by atoms with Crippen LogP contribution in [0.2, 0.25) is 0 Å². The average molecular weight is 535 g/mol. The maximum Gasteiger partial charge on any atom is 0.271 e. The van der Waals surface area contributed by atoms with Crippen LogP contribution in [-0.2, 0) is 6.42 Å². The highest BCUT2D eigenvalue weighted by atomic mass is 79.9. The minimum absolute atomic E-state index is 0.00880. The van der Waals surface area contributed by atoms with E-state index < -0.39 is 0 Å². The van der Waals surface area contributed by atoms with Gasteiger partial charge in [-0.1, -0.05) is 47.7 Å². The number of thiazole rings is 1. The van der Waals surface area contributed by atoms with Gasteiger partial charge in [-0.2, -0.15) is 0 Å². The number of thiophene rings is 1. The molecule has 7 heteroatoms. The second-order valence-corrected chi connectivity index (χ2v) is 10.9. The molecule has 0 fully saturated rings. The number of ether oxygens (including phenoxy) is 1. The number of allylic oxidation sites excluding steroid dienone is 1. The summed E-state index contributed by atoms with van der Waals surface area (Å²) in [4.78, 5) is 20.7. The van der Waals surface area contributed by atoms with Gasteiger partial charge in [0.2, 0.25) is 0 Å². The third kappa shape index (κ3) is 3.46. The molecule has 0 saturated heterocycles. The van der Waals surface area contributed by atoms with Crippen LogP contribution in [0.1, 0.15) is 34.0 Å². The number of nitrogens with zero attached hydrogens (tertiary/aromatic N) is 2. The number of hydrogen-bond acceptors (Lipinski definition) is 5. The van der Waals surface area contributed by atoms with E-state index in [0.29, 0.717) is 4.53 Å². The van der Waals surface area contributed by atoms with Gasteiger partial charge in [-0.25, -0.2) is 4.99 Å². The van der Waals surface area contributed by atoms with Gasteiger partial charge in [0.25, 0.3) is 5.56 Å². The van der Waals surface area contributed by atoms with Crippen molar-refractivity contribution < 1.29 is 4.74 Å². The SMILES string of the molecule is COc1ccc(/C=c2/sc3n(c2=O)[C@H](c2cccs2)C2=C(N=3)c3ccccc3CC2)cc1Br. The number of aromatic nitrogens is 1. The lowest BCUT2D eigenvalue weighted by atomic mass is 9.85. The quantitative estimate of drug-likeness (QED) is 0.364. The molecular weight excluding hydrogens is 516 g/mol. The van der Waals surface area contributed by atoms with Crippen LogP contribution in [0.4, 0.5) is 0 Å². The molecule has 4 aromatic rings. The fourth-order valence-electron chi connectivity index (χ4n) is 4.64. The molecule has 33 heavy (non-hydrogen) atoms. The number of benzene rings is 2. The topological polar surface area (TPSA) is 43.6 Å². The van der Waals surface area contributed by atoms with E-state index in [1.165, 1.54) is 32.9 Å². The van der Waals surface area contributed by atoms with Gasteiger partial charge in [0.15, 0.2) is 4.80 Å². The summed E-state index contributed by atoms with van der Waals surface area (Å²) in [5.74, 6) is 0.762. The molecule has 2 aromatic carbocycles. The van der Waals surface area contributed by atoms with Crippen molar-refractivity contribution in [1.82, 2.24) is 4.57 Å². The largest absolute Gasteiger partial charge is 0.496 e. The molecule has 0 saturated carbocycles. The van der Waals surface area contributed by atoms with Gasteiger partial charge in [0.05, 0.1) is 27.9 Å². The lowest BCUT2D eigenvalue weighted by Gasteiger charge is -2.30. The summed E-state index contributed by atoms with van der Waals surface area (Å²) in [6, 6.07) is 18.4. The fraction of sp³-hybridized carbons (Fsp3) is 0.154. The number of aryl methyl sites for hydroxylation is 1. The maximum atomic E-state index is 13.7. The molecular formula is C26H19BrN2O2S2. The van der Waals surface area contributed by atoms with E-state index in [2.05, 4.69) is 57.7 Å². The molecule has 1 atom stereocenters. The Hall–Kier alpha value is -2.74. The number of fused-ring (bicyclic) bond motifs is 3. The Labute approximate surface area is 207 Å². The molecule has 1 aliphatic carbocycles. The van der Waals surface area contributed by atoms with E-state index in [1.807, 2.05) is 28.8 Å². The smallest absolute Gasteiger partial charge is 0.271 e. The van der Waals surface area contributed by atoms with Crippen LogP contribution < -0.4 is 19.6 Å². The van der Waals surface area contributed by atoms with E-state index in [1.54, 1.807) is 18.4 Å². The van der Waals surface area contributed by atoms with Gasteiger partial charge in [-0.15, -0.1) is 11.3 Å². The summed E-state index contributed by atoms with van der Waals surface area (Å²) < 4.78 is 8.77.